The van der Waals surface area contributed by atoms with Crippen LogP contribution in [0.5, 0.6) is 0 Å². The van der Waals surface area contributed by atoms with Crippen LogP contribution >= 0.6 is 0 Å². The van der Waals surface area contributed by atoms with E-state index in [0.29, 0.717) is 18.6 Å². The Balaban J connectivity index is 1.24. The summed E-state index contributed by atoms with van der Waals surface area (Å²) in [6.45, 7) is 2.59. The highest BCUT2D eigenvalue weighted by atomic mass is 16.5. The standard InChI is InChI=1S/C26H28N2O6/c1-16(24(29)28-14-17-11-13-33-23(17)25(30)31)10-12-27-26(32)34-15-22-20-8-4-2-6-18(20)19-7-3-5-9-21(19)22/h2-10,17,22-23H,11-15H2,1H3,(H,27,32)(H,28,29)(H,30,31)/b16-10+/t17-,23-/m1/s1. The Kier molecular flexibility index (Phi) is 7.27. The minimum Gasteiger partial charge on any atom is -0.479 e. The number of carboxylic acid groups (broad SMARTS) is 1. The predicted molar refractivity (Wildman–Crippen MR) is 125 cm³/mol. The van der Waals surface area contributed by atoms with Crippen molar-refractivity contribution in [3.05, 3.63) is 71.3 Å². The van der Waals surface area contributed by atoms with Crippen molar-refractivity contribution < 1.29 is 29.0 Å². The van der Waals surface area contributed by atoms with Gasteiger partial charge in [-0.2, -0.15) is 0 Å². The Hall–Kier alpha value is -3.65. The maximum Gasteiger partial charge on any atom is 0.407 e. The van der Waals surface area contributed by atoms with Crippen molar-refractivity contribution in [1.82, 2.24) is 10.6 Å². The minimum atomic E-state index is -1.02. The van der Waals surface area contributed by atoms with Crippen molar-refractivity contribution >= 4 is 18.0 Å². The quantitative estimate of drug-likeness (QED) is 0.518. The summed E-state index contributed by atoms with van der Waals surface area (Å²) >= 11 is 0. The first-order valence-electron chi connectivity index (χ1n) is 11.3. The molecule has 0 radical (unpaired) electrons. The Morgan fingerprint density at radius 2 is 1.71 bits per heavy atom. The van der Waals surface area contributed by atoms with Gasteiger partial charge in [-0.1, -0.05) is 54.6 Å². The van der Waals surface area contributed by atoms with Crippen LogP contribution in [0.3, 0.4) is 0 Å². The second kappa shape index (κ2) is 10.5. The molecule has 1 fully saturated rings. The van der Waals surface area contributed by atoms with Crippen LogP contribution in [-0.4, -0.2) is 55.5 Å². The average Bonchev–Trinajstić information content (AvgIpc) is 3.44. The fourth-order valence-electron chi connectivity index (χ4n) is 4.51. The molecule has 0 bridgehead atoms. The average molecular weight is 465 g/mol. The molecule has 0 spiro atoms. The van der Waals surface area contributed by atoms with Crippen molar-refractivity contribution in [2.75, 3.05) is 26.3 Å². The molecule has 1 saturated heterocycles. The van der Waals surface area contributed by atoms with Crippen molar-refractivity contribution in [3.63, 3.8) is 0 Å². The third-order valence-corrected chi connectivity index (χ3v) is 6.34. The number of amides is 2. The van der Waals surface area contributed by atoms with Gasteiger partial charge in [-0.3, -0.25) is 4.79 Å². The number of fused-ring (bicyclic) bond motifs is 3. The molecule has 4 rings (SSSR count). The van der Waals surface area contributed by atoms with E-state index in [9.17, 15) is 14.4 Å². The normalized spacial score (nSPS) is 19.3. The van der Waals surface area contributed by atoms with Crippen LogP contribution in [0, 0.1) is 5.92 Å². The van der Waals surface area contributed by atoms with Crippen molar-refractivity contribution in [1.29, 1.82) is 0 Å². The number of alkyl carbamates (subject to hydrolysis) is 1. The van der Waals surface area contributed by atoms with E-state index in [2.05, 4.69) is 34.9 Å². The van der Waals surface area contributed by atoms with Gasteiger partial charge >= 0.3 is 12.1 Å². The van der Waals surface area contributed by atoms with Gasteiger partial charge in [-0.15, -0.1) is 0 Å². The van der Waals surface area contributed by atoms with Gasteiger partial charge in [0.1, 0.15) is 6.61 Å². The van der Waals surface area contributed by atoms with E-state index < -0.39 is 18.2 Å². The molecule has 34 heavy (non-hydrogen) atoms. The summed E-state index contributed by atoms with van der Waals surface area (Å²) in [5.41, 5.74) is 5.03. The van der Waals surface area contributed by atoms with E-state index in [1.165, 1.54) is 0 Å². The molecular weight excluding hydrogens is 436 g/mol. The van der Waals surface area contributed by atoms with Crippen LogP contribution in [-0.2, 0) is 19.1 Å². The summed E-state index contributed by atoms with van der Waals surface area (Å²) in [6, 6.07) is 16.2. The number of carboxylic acids is 1. The van der Waals surface area contributed by atoms with Gasteiger partial charge in [0, 0.05) is 37.1 Å². The number of aliphatic carboxylic acids is 1. The fourth-order valence-corrected chi connectivity index (χ4v) is 4.51. The molecule has 8 heteroatoms. The molecule has 0 unspecified atom stereocenters. The van der Waals surface area contributed by atoms with Crippen LogP contribution in [0.2, 0.25) is 0 Å². The van der Waals surface area contributed by atoms with Crippen LogP contribution in [0.25, 0.3) is 11.1 Å². The Morgan fingerprint density at radius 1 is 1.06 bits per heavy atom. The van der Waals surface area contributed by atoms with E-state index in [0.717, 1.165) is 22.3 Å². The Bertz CT molecular complexity index is 1070. The summed E-state index contributed by atoms with van der Waals surface area (Å²) in [5.74, 6) is -1.61. The molecule has 3 N–H and O–H groups in total. The lowest BCUT2D eigenvalue weighted by Crippen LogP contribution is -2.36. The zero-order valence-corrected chi connectivity index (χ0v) is 19.0. The zero-order valence-electron chi connectivity index (χ0n) is 19.0. The van der Waals surface area contributed by atoms with Gasteiger partial charge in [0.2, 0.25) is 5.91 Å². The SMILES string of the molecule is C/C(=C\CNC(=O)OCC1c2ccccc2-c2ccccc21)C(=O)NC[C@H]1CCO[C@H]1C(=O)O. The lowest BCUT2D eigenvalue weighted by atomic mass is 9.98. The van der Waals surface area contributed by atoms with E-state index in [-0.39, 0.29) is 37.4 Å². The molecule has 2 aromatic carbocycles. The minimum absolute atomic E-state index is 0.0181. The van der Waals surface area contributed by atoms with Crippen molar-refractivity contribution in [2.24, 2.45) is 5.92 Å². The predicted octanol–water partition coefficient (Wildman–Crippen LogP) is 3.08. The number of nitrogens with one attached hydrogen (secondary N) is 2. The van der Waals surface area contributed by atoms with E-state index in [1.54, 1.807) is 13.0 Å². The highest BCUT2D eigenvalue weighted by molar-refractivity contribution is 5.92. The lowest BCUT2D eigenvalue weighted by molar-refractivity contribution is -0.149. The Morgan fingerprint density at radius 3 is 2.35 bits per heavy atom. The topological polar surface area (TPSA) is 114 Å². The molecule has 1 heterocycles. The Labute approximate surface area is 198 Å². The maximum atomic E-state index is 12.3. The number of ether oxygens (including phenoxy) is 2. The molecule has 0 aromatic heterocycles. The van der Waals surface area contributed by atoms with Crippen molar-refractivity contribution in [2.45, 2.75) is 25.4 Å². The molecule has 2 aromatic rings. The third kappa shape index (κ3) is 5.12. The smallest absolute Gasteiger partial charge is 0.407 e. The maximum absolute atomic E-state index is 12.3. The summed E-state index contributed by atoms with van der Waals surface area (Å²) < 4.78 is 10.7. The summed E-state index contributed by atoms with van der Waals surface area (Å²) in [5, 5.41) is 14.5. The molecule has 2 aliphatic rings. The second-order valence-electron chi connectivity index (χ2n) is 8.48. The molecule has 1 aliphatic heterocycles. The highest BCUT2D eigenvalue weighted by Gasteiger charge is 2.34. The fraction of sp³-hybridized carbons (Fsp3) is 0.346. The van der Waals surface area contributed by atoms with E-state index >= 15 is 0 Å². The molecule has 8 nitrogen and oxygen atoms in total. The van der Waals surface area contributed by atoms with Crippen LogP contribution in [0.1, 0.15) is 30.4 Å². The van der Waals surface area contributed by atoms with E-state index in [4.69, 9.17) is 14.6 Å². The molecule has 2 atom stereocenters. The first kappa shape index (κ1) is 23.5. The second-order valence-corrected chi connectivity index (χ2v) is 8.48. The summed E-state index contributed by atoms with van der Waals surface area (Å²) in [4.78, 5) is 35.7. The number of hydrogen-bond acceptors (Lipinski definition) is 5. The number of benzene rings is 2. The molecule has 178 valence electrons. The molecule has 2 amide bonds. The van der Waals surface area contributed by atoms with Gasteiger partial charge in [0.15, 0.2) is 6.10 Å². The van der Waals surface area contributed by atoms with Gasteiger partial charge in [0.25, 0.3) is 0 Å². The third-order valence-electron chi connectivity index (χ3n) is 6.34. The lowest BCUT2D eigenvalue weighted by Gasteiger charge is -2.15. The molecule has 0 saturated carbocycles. The largest absolute Gasteiger partial charge is 0.479 e. The zero-order chi connectivity index (χ0) is 24.1. The van der Waals surface area contributed by atoms with Gasteiger partial charge in [-0.25, -0.2) is 9.59 Å². The van der Waals surface area contributed by atoms with Crippen LogP contribution in [0.15, 0.2) is 60.2 Å². The monoisotopic (exact) mass is 464 g/mol. The highest BCUT2D eigenvalue weighted by Crippen LogP contribution is 2.44. The number of hydrogen-bond donors (Lipinski definition) is 3. The number of carbonyl (C=O) groups is 3. The summed E-state index contributed by atoms with van der Waals surface area (Å²) in [7, 11) is 0. The van der Waals surface area contributed by atoms with Gasteiger partial charge in [-0.05, 0) is 35.6 Å². The number of rotatable bonds is 8. The van der Waals surface area contributed by atoms with Crippen molar-refractivity contribution in [3.8, 4) is 11.1 Å². The first-order chi connectivity index (χ1) is 16.5. The van der Waals surface area contributed by atoms with Gasteiger partial charge in [0.05, 0.1) is 0 Å². The summed E-state index contributed by atoms with van der Waals surface area (Å²) in [6.07, 6.45) is 0.735. The van der Waals surface area contributed by atoms with Crippen LogP contribution < -0.4 is 10.6 Å². The van der Waals surface area contributed by atoms with Gasteiger partial charge < -0.3 is 25.2 Å². The van der Waals surface area contributed by atoms with E-state index in [1.807, 2.05) is 24.3 Å². The molecule has 1 aliphatic carbocycles. The van der Waals surface area contributed by atoms with Crippen LogP contribution in [0.4, 0.5) is 4.79 Å². The number of carbonyl (C=O) groups excluding carboxylic acids is 2. The molecular formula is C26H28N2O6. The first-order valence-corrected chi connectivity index (χ1v) is 11.3.